The molecule has 0 bridgehead atoms. The fourth-order valence-corrected chi connectivity index (χ4v) is 1.51. The van der Waals surface area contributed by atoms with Crippen LogP contribution in [0.15, 0.2) is 30.3 Å². The molecule has 1 aromatic rings. The summed E-state index contributed by atoms with van der Waals surface area (Å²) in [4.78, 5) is 22.5. The summed E-state index contributed by atoms with van der Waals surface area (Å²) in [5.74, 6) is 5.67. The fraction of sp³-hybridized carbons (Fsp3) is 0.375. The molecule has 0 aliphatic carbocycles. The Kier molecular flexibility index (Phi) is 6.50. The van der Waals surface area contributed by atoms with E-state index in [9.17, 15) is 9.59 Å². The van der Waals surface area contributed by atoms with E-state index in [0.29, 0.717) is 19.3 Å². The van der Waals surface area contributed by atoms with Gasteiger partial charge < -0.3 is 0 Å². The van der Waals surface area contributed by atoms with E-state index in [-0.39, 0.29) is 11.6 Å². The van der Waals surface area contributed by atoms with Crippen molar-refractivity contribution in [1.29, 1.82) is 0 Å². The molecule has 94 valence electrons. The summed E-state index contributed by atoms with van der Waals surface area (Å²) in [5.41, 5.74) is 0.854. The third kappa shape index (κ3) is 6.00. The first-order valence-corrected chi connectivity index (χ1v) is 6.34. The van der Waals surface area contributed by atoms with Crippen molar-refractivity contribution in [1.82, 2.24) is 0 Å². The summed E-state index contributed by atoms with van der Waals surface area (Å²) >= 11 is 0. The second-order valence-corrected chi connectivity index (χ2v) is 4.14. The van der Waals surface area contributed by atoms with Crippen molar-refractivity contribution < 1.29 is 9.59 Å². The molecule has 0 heterocycles. The molecule has 0 amide bonds. The lowest BCUT2D eigenvalue weighted by Crippen LogP contribution is -1.97. The number of benzene rings is 1. The Morgan fingerprint density at radius 1 is 1.06 bits per heavy atom. The highest BCUT2D eigenvalue weighted by Crippen LogP contribution is 2.03. The lowest BCUT2D eigenvalue weighted by Gasteiger charge is -1.96. The molecule has 0 aromatic heterocycles. The topological polar surface area (TPSA) is 34.1 Å². The maximum atomic E-state index is 11.5. The lowest BCUT2D eigenvalue weighted by molar-refractivity contribution is -0.119. The monoisotopic (exact) mass is 242 g/mol. The molecule has 0 saturated heterocycles. The molecule has 0 aliphatic heterocycles. The Morgan fingerprint density at radius 2 is 1.72 bits per heavy atom. The van der Waals surface area contributed by atoms with Crippen LogP contribution >= 0.6 is 0 Å². The molecule has 2 nitrogen and oxygen atoms in total. The third-order valence-electron chi connectivity index (χ3n) is 2.62. The average Bonchev–Trinajstić information content (AvgIpc) is 2.42. The zero-order valence-electron chi connectivity index (χ0n) is 10.7. The molecule has 0 saturated carbocycles. The van der Waals surface area contributed by atoms with E-state index in [1.54, 1.807) is 0 Å². The van der Waals surface area contributed by atoms with Crippen molar-refractivity contribution in [3.63, 3.8) is 0 Å². The molecule has 0 N–H and O–H groups in total. The fourth-order valence-electron chi connectivity index (χ4n) is 1.51. The van der Waals surface area contributed by atoms with E-state index < -0.39 is 0 Å². The molecule has 2 heteroatoms. The smallest absolute Gasteiger partial charge is 0.205 e. The number of carbonyl (C=O) groups is 2. The van der Waals surface area contributed by atoms with Crippen molar-refractivity contribution in [2.75, 3.05) is 0 Å². The highest BCUT2D eigenvalue weighted by atomic mass is 16.1. The van der Waals surface area contributed by atoms with Crippen LogP contribution in [0.3, 0.4) is 0 Å². The van der Waals surface area contributed by atoms with Gasteiger partial charge in [0.1, 0.15) is 5.78 Å². The van der Waals surface area contributed by atoms with E-state index in [1.165, 1.54) is 0 Å². The van der Waals surface area contributed by atoms with E-state index in [0.717, 1.165) is 18.4 Å². The first-order chi connectivity index (χ1) is 8.72. The number of hydrogen-bond donors (Lipinski definition) is 0. The van der Waals surface area contributed by atoms with Crippen LogP contribution in [-0.4, -0.2) is 11.6 Å². The zero-order valence-corrected chi connectivity index (χ0v) is 10.7. The van der Waals surface area contributed by atoms with Gasteiger partial charge in [-0.15, -0.1) is 0 Å². The van der Waals surface area contributed by atoms with Crippen LogP contribution in [0.2, 0.25) is 0 Å². The molecule has 1 aromatic carbocycles. The molecule has 1 rings (SSSR count). The normalized spacial score (nSPS) is 9.39. The van der Waals surface area contributed by atoms with Crippen molar-refractivity contribution in [3.05, 3.63) is 35.9 Å². The van der Waals surface area contributed by atoms with Gasteiger partial charge in [-0.1, -0.05) is 31.0 Å². The Bertz CT molecular complexity index is 449. The summed E-state index contributed by atoms with van der Waals surface area (Å²) in [5, 5.41) is 0. The number of carbonyl (C=O) groups excluding carboxylic acids is 2. The highest BCUT2D eigenvalue weighted by molar-refractivity contribution is 5.95. The van der Waals surface area contributed by atoms with Gasteiger partial charge in [0, 0.05) is 24.8 Å². The number of unbranched alkanes of at least 4 members (excludes halogenated alkanes) is 1. The molecule has 0 unspecified atom stereocenters. The van der Waals surface area contributed by atoms with Gasteiger partial charge in [-0.2, -0.15) is 0 Å². The maximum Gasteiger partial charge on any atom is 0.205 e. The minimum atomic E-state index is -0.0530. The Balaban J connectivity index is 2.26. The lowest BCUT2D eigenvalue weighted by atomic mass is 10.1. The van der Waals surface area contributed by atoms with E-state index >= 15 is 0 Å². The van der Waals surface area contributed by atoms with Crippen LogP contribution in [0.25, 0.3) is 0 Å². The van der Waals surface area contributed by atoms with Gasteiger partial charge in [-0.3, -0.25) is 9.59 Å². The van der Waals surface area contributed by atoms with Crippen molar-refractivity contribution >= 4 is 11.6 Å². The Hall–Kier alpha value is -1.88. The number of rotatable bonds is 6. The summed E-state index contributed by atoms with van der Waals surface area (Å²) in [7, 11) is 0. The van der Waals surface area contributed by atoms with Crippen LogP contribution in [0.4, 0.5) is 0 Å². The molecule has 0 spiro atoms. The highest BCUT2D eigenvalue weighted by Gasteiger charge is 2.00. The Morgan fingerprint density at radius 3 is 2.39 bits per heavy atom. The summed E-state index contributed by atoms with van der Waals surface area (Å²) in [6, 6.07) is 9.45. The minimum absolute atomic E-state index is 0.0530. The molecular weight excluding hydrogens is 224 g/mol. The first kappa shape index (κ1) is 14.2. The molecule has 0 aliphatic rings. The average molecular weight is 242 g/mol. The Labute approximate surface area is 108 Å². The van der Waals surface area contributed by atoms with Gasteiger partial charge in [-0.25, -0.2) is 0 Å². The predicted molar refractivity (Wildman–Crippen MR) is 72.1 cm³/mol. The van der Waals surface area contributed by atoms with Gasteiger partial charge in [0.2, 0.25) is 5.78 Å². The second kappa shape index (κ2) is 8.25. The van der Waals surface area contributed by atoms with Gasteiger partial charge in [0.25, 0.3) is 0 Å². The van der Waals surface area contributed by atoms with Gasteiger partial charge in [0.15, 0.2) is 0 Å². The zero-order chi connectivity index (χ0) is 13.2. The molecule has 0 radical (unpaired) electrons. The van der Waals surface area contributed by atoms with E-state index in [1.807, 2.05) is 37.3 Å². The summed E-state index contributed by atoms with van der Waals surface area (Å²) in [6.07, 6.45) is 3.13. The van der Waals surface area contributed by atoms with Gasteiger partial charge >= 0.3 is 0 Å². The quantitative estimate of drug-likeness (QED) is 0.567. The SMILES string of the molecule is CCC(=O)CCCCC(=O)C#Cc1ccccc1. The first-order valence-electron chi connectivity index (χ1n) is 6.34. The molecule has 0 atom stereocenters. The second-order valence-electron chi connectivity index (χ2n) is 4.14. The van der Waals surface area contributed by atoms with Crippen LogP contribution < -0.4 is 0 Å². The predicted octanol–water partition coefficient (Wildman–Crippen LogP) is 3.15. The van der Waals surface area contributed by atoms with Crippen LogP contribution in [0, 0.1) is 11.8 Å². The number of Topliss-reactive ketones (excluding diaryl/α,β-unsaturated/α-hetero) is 2. The molecule has 18 heavy (non-hydrogen) atoms. The standard InChI is InChI=1S/C16H18O2/c1-2-15(17)10-6-7-11-16(18)13-12-14-8-4-3-5-9-14/h3-5,8-9H,2,6-7,10-11H2,1H3. The molecular formula is C16H18O2. The summed E-state index contributed by atoms with van der Waals surface area (Å²) < 4.78 is 0. The van der Waals surface area contributed by atoms with Gasteiger partial charge in [0.05, 0.1) is 0 Å². The van der Waals surface area contributed by atoms with Crippen LogP contribution in [-0.2, 0) is 9.59 Å². The largest absolute Gasteiger partial charge is 0.300 e. The van der Waals surface area contributed by atoms with E-state index in [2.05, 4.69) is 11.8 Å². The van der Waals surface area contributed by atoms with Crippen LogP contribution in [0.1, 0.15) is 44.6 Å². The third-order valence-corrected chi connectivity index (χ3v) is 2.62. The minimum Gasteiger partial charge on any atom is -0.300 e. The molecule has 0 fully saturated rings. The van der Waals surface area contributed by atoms with Crippen molar-refractivity contribution in [2.24, 2.45) is 0 Å². The van der Waals surface area contributed by atoms with Crippen molar-refractivity contribution in [2.45, 2.75) is 39.0 Å². The number of ketones is 2. The van der Waals surface area contributed by atoms with Crippen molar-refractivity contribution in [3.8, 4) is 11.8 Å². The van der Waals surface area contributed by atoms with E-state index in [4.69, 9.17) is 0 Å². The maximum absolute atomic E-state index is 11.5. The summed E-state index contributed by atoms with van der Waals surface area (Å²) in [6.45, 7) is 1.86. The number of hydrogen-bond acceptors (Lipinski definition) is 2. The van der Waals surface area contributed by atoms with Crippen LogP contribution in [0.5, 0.6) is 0 Å². The van der Waals surface area contributed by atoms with Gasteiger partial charge in [-0.05, 0) is 30.9 Å².